The Kier molecular flexibility index (Phi) is 1.87. The molecular weight excluding hydrogens is 228 g/mol. The molecule has 17 heavy (non-hydrogen) atoms. The maximum absolute atomic E-state index is 11.3. The predicted octanol–water partition coefficient (Wildman–Crippen LogP) is -0.254. The smallest absolute Gasteiger partial charge is 0.347 e. The molecule has 3 heterocycles. The number of hydrogen-bond donors (Lipinski definition) is 0. The van der Waals surface area contributed by atoms with E-state index in [0.717, 1.165) is 12.1 Å². The van der Waals surface area contributed by atoms with Crippen molar-refractivity contribution in [3.8, 4) is 0 Å². The van der Waals surface area contributed by atoms with Gasteiger partial charge in [-0.25, -0.2) is 9.59 Å². The molecular formula is C9H4N4O4. The van der Waals surface area contributed by atoms with Gasteiger partial charge in [0.05, 0.1) is 0 Å². The second-order valence-electron chi connectivity index (χ2n) is 3.10. The normalized spacial score (nSPS) is 10.8. The van der Waals surface area contributed by atoms with Crippen molar-refractivity contribution in [3.63, 3.8) is 0 Å². The van der Waals surface area contributed by atoms with Crippen LogP contribution in [0.4, 0.5) is 0 Å². The highest BCUT2D eigenvalue weighted by Crippen LogP contribution is 2.02. The third-order valence-electron chi connectivity index (χ3n) is 1.96. The molecule has 0 fully saturated rings. The Morgan fingerprint density at radius 3 is 2.53 bits per heavy atom. The van der Waals surface area contributed by atoms with E-state index in [1.54, 1.807) is 0 Å². The van der Waals surface area contributed by atoms with Crippen molar-refractivity contribution in [1.82, 2.24) is 19.8 Å². The van der Waals surface area contributed by atoms with Gasteiger partial charge in [-0.2, -0.15) is 4.52 Å². The van der Waals surface area contributed by atoms with Crippen molar-refractivity contribution < 1.29 is 8.83 Å². The quantitative estimate of drug-likeness (QED) is 0.526. The first kappa shape index (κ1) is 9.46. The van der Waals surface area contributed by atoms with Gasteiger partial charge >= 0.3 is 17.1 Å². The van der Waals surface area contributed by atoms with Crippen molar-refractivity contribution in [2.24, 2.45) is 0 Å². The minimum absolute atomic E-state index is 0.0612. The zero-order chi connectivity index (χ0) is 11.8. The molecule has 0 saturated heterocycles. The summed E-state index contributed by atoms with van der Waals surface area (Å²) < 4.78 is 10.9. The summed E-state index contributed by atoms with van der Waals surface area (Å²) in [5.41, 5.74) is -1.04. The third kappa shape index (κ3) is 1.61. The van der Waals surface area contributed by atoms with Crippen LogP contribution >= 0.6 is 0 Å². The zero-order valence-electron chi connectivity index (χ0n) is 8.23. The van der Waals surface area contributed by atoms with Crippen molar-refractivity contribution in [2.75, 3.05) is 0 Å². The van der Waals surface area contributed by atoms with Crippen molar-refractivity contribution in [3.05, 3.63) is 45.1 Å². The van der Waals surface area contributed by atoms with Crippen LogP contribution < -0.4 is 11.3 Å². The fraction of sp³-hybridized carbons (Fsp3) is 0. The van der Waals surface area contributed by atoms with Crippen LogP contribution in [0.5, 0.6) is 0 Å². The molecule has 3 aromatic heterocycles. The first-order chi connectivity index (χ1) is 8.22. The number of nitrogens with zero attached hydrogens (tertiary/aromatic N) is 4. The molecule has 0 radical (unpaired) electrons. The fourth-order valence-electron chi connectivity index (χ4n) is 1.27. The molecule has 0 aromatic carbocycles. The lowest BCUT2D eigenvalue weighted by Crippen LogP contribution is -2.01. The SMILES string of the molecule is O=c1ccc(=O)oc2nnc3ccc(nn32)o1. The molecule has 3 aromatic rings. The van der Waals surface area contributed by atoms with E-state index in [1.165, 1.54) is 16.6 Å². The van der Waals surface area contributed by atoms with Gasteiger partial charge in [0, 0.05) is 18.2 Å². The lowest BCUT2D eigenvalue weighted by Gasteiger charge is -1.89. The Balaban J connectivity index is 2.64. The van der Waals surface area contributed by atoms with Gasteiger partial charge in [0.1, 0.15) is 0 Å². The van der Waals surface area contributed by atoms with E-state index in [9.17, 15) is 9.59 Å². The average molecular weight is 232 g/mol. The minimum atomic E-state index is -0.759. The van der Waals surface area contributed by atoms with Crippen molar-refractivity contribution in [2.45, 2.75) is 0 Å². The second kappa shape index (κ2) is 3.37. The Bertz CT molecular complexity index is 845. The molecule has 84 valence electrons. The molecule has 0 atom stereocenters. The summed E-state index contributed by atoms with van der Waals surface area (Å²) in [7, 11) is 0. The van der Waals surface area contributed by atoms with E-state index in [0.29, 0.717) is 5.65 Å². The monoisotopic (exact) mass is 232 g/mol. The van der Waals surface area contributed by atoms with E-state index in [2.05, 4.69) is 15.3 Å². The Morgan fingerprint density at radius 2 is 1.71 bits per heavy atom. The highest BCUT2D eigenvalue weighted by molar-refractivity contribution is 5.46. The molecule has 0 N–H and O–H groups in total. The zero-order valence-corrected chi connectivity index (χ0v) is 8.23. The van der Waals surface area contributed by atoms with Gasteiger partial charge in [0.15, 0.2) is 5.65 Å². The Morgan fingerprint density at radius 1 is 0.941 bits per heavy atom. The van der Waals surface area contributed by atoms with E-state index in [-0.39, 0.29) is 11.6 Å². The summed E-state index contributed by atoms with van der Waals surface area (Å²) in [4.78, 5) is 22.5. The van der Waals surface area contributed by atoms with Gasteiger partial charge in [-0.15, -0.1) is 10.2 Å². The number of aromatic nitrogens is 4. The van der Waals surface area contributed by atoms with E-state index >= 15 is 0 Å². The van der Waals surface area contributed by atoms with E-state index < -0.39 is 11.3 Å². The molecule has 8 nitrogen and oxygen atoms in total. The average Bonchev–Trinajstić information content (AvgIpc) is 2.69. The van der Waals surface area contributed by atoms with Gasteiger partial charge in [0.2, 0.25) is 5.71 Å². The number of fused-ring (bicyclic) bond motifs is 1. The fourth-order valence-corrected chi connectivity index (χ4v) is 1.27. The van der Waals surface area contributed by atoms with Crippen LogP contribution in [0, 0.1) is 0 Å². The van der Waals surface area contributed by atoms with Crippen LogP contribution in [0.2, 0.25) is 0 Å². The van der Waals surface area contributed by atoms with Crippen molar-refractivity contribution >= 4 is 17.2 Å². The van der Waals surface area contributed by atoms with Crippen LogP contribution in [0.25, 0.3) is 17.2 Å². The standard InChI is InChI=1S/C9H4N4O4/c14-7-3-4-8(15)17-9-11-10-5-1-2-6(16-7)12-13(5)9/h1-4H. The summed E-state index contributed by atoms with van der Waals surface area (Å²) in [5.74, 6) is -0.0885. The first-order valence-corrected chi connectivity index (χ1v) is 4.56. The van der Waals surface area contributed by atoms with Gasteiger partial charge in [-0.1, -0.05) is 5.10 Å². The molecule has 0 saturated carbocycles. The van der Waals surface area contributed by atoms with Crippen LogP contribution in [-0.2, 0) is 0 Å². The summed E-state index contributed by atoms with van der Waals surface area (Å²) in [6.07, 6.45) is 0. The van der Waals surface area contributed by atoms with Gasteiger partial charge in [-0.05, 0) is 6.07 Å². The molecule has 3 rings (SSSR count). The Hall–Kier alpha value is -2.77. The molecule has 0 aliphatic carbocycles. The molecule has 8 heteroatoms. The molecule has 0 aliphatic rings. The Labute approximate surface area is 91.8 Å². The lowest BCUT2D eigenvalue weighted by atomic mass is 10.5. The minimum Gasteiger partial charge on any atom is -0.403 e. The first-order valence-electron chi connectivity index (χ1n) is 4.56. The molecule has 2 bridgehead atoms. The molecule has 0 amide bonds. The third-order valence-corrected chi connectivity index (χ3v) is 1.96. The van der Waals surface area contributed by atoms with Crippen LogP contribution in [-0.4, -0.2) is 19.8 Å². The summed E-state index contributed by atoms with van der Waals surface area (Å²) in [6, 6.07) is 4.88. The van der Waals surface area contributed by atoms with E-state index in [1.807, 2.05) is 0 Å². The summed E-state index contributed by atoms with van der Waals surface area (Å²) >= 11 is 0. The summed E-state index contributed by atoms with van der Waals surface area (Å²) in [6.45, 7) is 0. The van der Waals surface area contributed by atoms with Crippen LogP contribution in [0.15, 0.2) is 42.7 Å². The highest BCUT2D eigenvalue weighted by Gasteiger charge is 2.03. The summed E-state index contributed by atoms with van der Waals surface area (Å²) in [5, 5.41) is 11.3. The van der Waals surface area contributed by atoms with Gasteiger partial charge < -0.3 is 8.83 Å². The van der Waals surface area contributed by atoms with Crippen LogP contribution in [0.3, 0.4) is 0 Å². The van der Waals surface area contributed by atoms with Gasteiger partial charge in [-0.3, -0.25) is 0 Å². The largest absolute Gasteiger partial charge is 0.403 e. The molecule has 0 unspecified atom stereocenters. The number of rotatable bonds is 0. The maximum Gasteiger partial charge on any atom is 0.347 e. The van der Waals surface area contributed by atoms with Crippen molar-refractivity contribution in [1.29, 1.82) is 0 Å². The lowest BCUT2D eigenvalue weighted by molar-refractivity contribution is 0.508. The topological polar surface area (TPSA) is 104 Å². The van der Waals surface area contributed by atoms with Gasteiger partial charge in [0.25, 0.3) is 0 Å². The second-order valence-corrected chi connectivity index (χ2v) is 3.10. The number of hydrogen-bond acceptors (Lipinski definition) is 7. The molecule has 0 aliphatic heterocycles. The highest BCUT2D eigenvalue weighted by atomic mass is 16.4. The van der Waals surface area contributed by atoms with Crippen LogP contribution in [0.1, 0.15) is 0 Å². The predicted molar refractivity (Wildman–Crippen MR) is 54.2 cm³/mol. The maximum atomic E-state index is 11.3. The molecule has 0 spiro atoms. The van der Waals surface area contributed by atoms with E-state index in [4.69, 9.17) is 8.83 Å².